The van der Waals surface area contributed by atoms with Crippen molar-refractivity contribution in [1.29, 1.82) is 0 Å². The number of benzene rings is 1. The number of hydrogen-bond donors (Lipinski definition) is 1. The molecule has 2 N–H and O–H groups in total. The number of nitrogens with two attached hydrogens (primary N) is 1. The number of unbranched alkanes of at least 4 members (excludes halogenated alkanes) is 1. The number of primary amides is 1. The molecule has 1 rings (SSSR count). The average molecular weight is 808 g/mol. The van der Waals surface area contributed by atoms with E-state index < -0.39 is 49.6 Å². The van der Waals surface area contributed by atoms with Gasteiger partial charge in [0.15, 0.2) is 0 Å². The van der Waals surface area contributed by atoms with Gasteiger partial charge in [0.05, 0.1) is 48.5 Å². The van der Waals surface area contributed by atoms with E-state index in [0.29, 0.717) is 32.8 Å². The molecule has 0 aliphatic heterocycles. The lowest BCUT2D eigenvalue weighted by atomic mass is 9.48. The molecule has 0 saturated heterocycles. The number of hydrogen-bond acceptors (Lipinski definition) is 6. The van der Waals surface area contributed by atoms with Gasteiger partial charge in [-0.2, -0.15) is 0 Å². The number of amides is 1. The quantitative estimate of drug-likeness (QED) is 0.0873. The summed E-state index contributed by atoms with van der Waals surface area (Å²) in [6, 6.07) is 10.8. The summed E-state index contributed by atoms with van der Waals surface area (Å²) in [7, 11) is -2.76. The first-order valence-corrected chi connectivity index (χ1v) is 23.1. The van der Waals surface area contributed by atoms with Crippen LogP contribution in [0.5, 0.6) is 0 Å². The van der Waals surface area contributed by atoms with Crippen LogP contribution in [-0.4, -0.2) is 43.6 Å². The van der Waals surface area contributed by atoms with Gasteiger partial charge in [-0.05, 0) is 88.9 Å². The van der Waals surface area contributed by atoms with Crippen LogP contribution in [0.3, 0.4) is 0 Å². The molecule has 0 bridgehead atoms. The van der Waals surface area contributed by atoms with Gasteiger partial charge in [0, 0.05) is 5.92 Å². The molecule has 0 aromatic heterocycles. The van der Waals surface area contributed by atoms with Crippen molar-refractivity contribution in [1.82, 2.24) is 0 Å². The molecule has 1 amide bonds. The van der Waals surface area contributed by atoms with Gasteiger partial charge >= 0.3 is 5.97 Å². The molecule has 0 radical (unpaired) electrons. The molecular weight excluding hydrogens is 719 g/mol. The molecule has 7 nitrogen and oxygen atoms in total. The summed E-state index contributed by atoms with van der Waals surface area (Å²) in [6.07, 6.45) is 2.33. The van der Waals surface area contributed by atoms with Crippen LogP contribution in [0.15, 0.2) is 30.3 Å². The minimum Gasteiger partial charge on any atom is -0.465 e. The highest BCUT2D eigenvalue weighted by Crippen LogP contribution is 2.72. The Balaban J connectivity index is 4.35. The van der Waals surface area contributed by atoms with Crippen molar-refractivity contribution < 1.29 is 26.9 Å². The topological polar surface area (TPSA) is 97.1 Å². The van der Waals surface area contributed by atoms with Crippen LogP contribution in [-0.2, 0) is 26.9 Å². The van der Waals surface area contributed by atoms with Crippen molar-refractivity contribution in [3.63, 3.8) is 0 Å². The normalized spacial score (nSPS) is 17.2. The number of carbonyl (C=O) groups is 2. The molecular formula is C48H89NO6S. The first-order valence-electron chi connectivity index (χ1n) is 21.6. The predicted octanol–water partition coefficient (Wildman–Crippen LogP) is 13.1. The molecule has 328 valence electrons. The van der Waals surface area contributed by atoms with Gasteiger partial charge in [0.2, 0.25) is 5.91 Å². The molecule has 0 saturated carbocycles. The van der Waals surface area contributed by atoms with Crippen LogP contribution in [0.25, 0.3) is 0 Å². The van der Waals surface area contributed by atoms with Crippen molar-refractivity contribution in [3.8, 4) is 0 Å². The number of rotatable bonds is 23. The first-order chi connectivity index (χ1) is 25.3. The monoisotopic (exact) mass is 808 g/mol. The molecule has 56 heavy (non-hydrogen) atoms. The van der Waals surface area contributed by atoms with Gasteiger partial charge in [-0.15, -0.1) is 0 Å². The van der Waals surface area contributed by atoms with E-state index in [1.54, 1.807) is 0 Å². The van der Waals surface area contributed by atoms with Gasteiger partial charge in [0.25, 0.3) is 0 Å². The van der Waals surface area contributed by atoms with Gasteiger partial charge in [-0.25, -0.2) is 0 Å². The Kier molecular flexibility index (Phi) is 18.4. The molecule has 0 aliphatic carbocycles. The molecule has 0 aliphatic rings. The van der Waals surface area contributed by atoms with Crippen LogP contribution in [0.2, 0.25) is 0 Å². The van der Waals surface area contributed by atoms with Crippen LogP contribution < -0.4 is 5.73 Å². The third-order valence-corrected chi connectivity index (χ3v) is 17.6. The Bertz CT molecular complexity index is 1350. The van der Waals surface area contributed by atoms with Crippen molar-refractivity contribution in [2.75, 3.05) is 26.4 Å². The maximum Gasteiger partial charge on any atom is 0.309 e. The standard InChI is InChI=1S/C48H89NO6S/c1-22-26-32-52-40(51)36(33-44(12,13)47(18,19)38(43(9,10)11)35-30-28-27-29-31-35)46(16,17)48(20,21)41(56(53-23-2,54-24-3)55-25-4)45(14,15)34(5)37(39(49)50)42(6,7)8/h27-31,34,36-38,41H,22-26,32-33H2,1-21H3,(H2,49,50). The molecule has 1 aromatic carbocycles. The minimum absolute atomic E-state index is 0.0568. The summed E-state index contributed by atoms with van der Waals surface area (Å²) in [5.41, 5.74) is 4.47. The Labute approximate surface area is 348 Å². The SMILES string of the molecule is CCCCOC(=O)C(CC(C)(C)C(C)(C)C(c1ccccc1)C(C)(C)C)C(C)(C)C(C)(C)C(C(C)(C)C(C)C(C(N)=O)C(C)(C)C)S(OCC)(OCC)OCC. The van der Waals surface area contributed by atoms with E-state index in [1.807, 2.05) is 20.8 Å². The van der Waals surface area contributed by atoms with E-state index in [2.05, 4.69) is 155 Å². The first kappa shape index (κ1) is 52.4. The highest BCUT2D eigenvalue weighted by atomic mass is 32.3. The Morgan fingerprint density at radius 1 is 0.679 bits per heavy atom. The van der Waals surface area contributed by atoms with Crippen LogP contribution >= 0.6 is 10.9 Å². The van der Waals surface area contributed by atoms with Crippen LogP contribution in [0.1, 0.15) is 176 Å². The van der Waals surface area contributed by atoms with Gasteiger partial charge in [-0.1, -0.05) is 161 Å². The second-order valence-electron chi connectivity index (χ2n) is 21.5. The molecule has 0 fully saturated rings. The van der Waals surface area contributed by atoms with E-state index in [4.69, 9.17) is 23.0 Å². The van der Waals surface area contributed by atoms with Gasteiger partial charge < -0.3 is 10.5 Å². The zero-order chi connectivity index (χ0) is 43.9. The Hall–Kier alpha value is -1.61. The fourth-order valence-corrected chi connectivity index (χ4v) is 13.8. The van der Waals surface area contributed by atoms with Crippen molar-refractivity contribution in [2.45, 2.75) is 176 Å². The summed E-state index contributed by atoms with van der Waals surface area (Å²) in [4.78, 5) is 28.4. The summed E-state index contributed by atoms with van der Waals surface area (Å²) < 4.78 is 26.7. The van der Waals surface area contributed by atoms with E-state index in [-0.39, 0.29) is 40.0 Å². The lowest BCUT2D eigenvalue weighted by Gasteiger charge is -2.63. The zero-order valence-corrected chi connectivity index (χ0v) is 41.0. The van der Waals surface area contributed by atoms with E-state index >= 15 is 0 Å². The number of esters is 1. The lowest BCUT2D eigenvalue weighted by Crippen LogP contribution is -2.60. The minimum atomic E-state index is -2.76. The van der Waals surface area contributed by atoms with E-state index in [0.717, 1.165) is 12.8 Å². The second kappa shape index (κ2) is 19.6. The molecule has 5 atom stereocenters. The van der Waals surface area contributed by atoms with Crippen LogP contribution in [0, 0.1) is 55.7 Å². The Morgan fingerprint density at radius 2 is 1.14 bits per heavy atom. The molecule has 1 aromatic rings. The third kappa shape index (κ3) is 11.4. The third-order valence-electron chi connectivity index (χ3n) is 14.1. The summed E-state index contributed by atoms with van der Waals surface area (Å²) in [5, 5.41) is -0.412. The highest BCUT2D eigenvalue weighted by molar-refractivity contribution is 8.22. The maximum absolute atomic E-state index is 14.9. The van der Waals surface area contributed by atoms with Crippen molar-refractivity contribution in [3.05, 3.63) is 35.9 Å². The molecule has 5 unspecified atom stereocenters. The molecule has 0 heterocycles. The fourth-order valence-electron chi connectivity index (χ4n) is 10.2. The fraction of sp³-hybridized carbons (Fsp3) is 0.833. The zero-order valence-electron chi connectivity index (χ0n) is 40.2. The lowest BCUT2D eigenvalue weighted by molar-refractivity contribution is -0.163. The highest BCUT2D eigenvalue weighted by Gasteiger charge is 2.64. The van der Waals surface area contributed by atoms with Gasteiger partial charge in [-0.3, -0.25) is 22.1 Å². The number of ether oxygens (including phenoxy) is 1. The maximum atomic E-state index is 14.9. The van der Waals surface area contributed by atoms with Gasteiger partial charge in [0.1, 0.15) is 0 Å². The average Bonchev–Trinajstić information content (AvgIpc) is 3.02. The predicted molar refractivity (Wildman–Crippen MR) is 239 cm³/mol. The van der Waals surface area contributed by atoms with E-state index in [1.165, 1.54) is 5.56 Å². The summed E-state index contributed by atoms with van der Waals surface area (Å²) >= 11 is 0. The second-order valence-corrected chi connectivity index (χ2v) is 23.6. The molecule has 8 heteroatoms. The smallest absolute Gasteiger partial charge is 0.309 e. The van der Waals surface area contributed by atoms with Crippen LogP contribution in [0.4, 0.5) is 0 Å². The summed E-state index contributed by atoms with van der Waals surface area (Å²) in [5.74, 6) is -1.48. The molecule has 0 spiro atoms. The van der Waals surface area contributed by atoms with Crippen molar-refractivity contribution in [2.24, 2.45) is 61.4 Å². The Morgan fingerprint density at radius 3 is 1.52 bits per heavy atom. The summed E-state index contributed by atoms with van der Waals surface area (Å²) in [6.45, 7) is 47.8. The van der Waals surface area contributed by atoms with E-state index in [9.17, 15) is 9.59 Å². The number of carbonyl (C=O) groups excluding carboxylic acids is 2. The largest absolute Gasteiger partial charge is 0.465 e. The van der Waals surface area contributed by atoms with Crippen molar-refractivity contribution >= 4 is 22.7 Å².